The van der Waals surface area contributed by atoms with Gasteiger partial charge in [0, 0.05) is 98.2 Å². The Hall–Kier alpha value is -4.84. The fraction of sp³-hybridized carbons (Fsp3) is 0. The molecule has 0 atom stereocenters. The predicted molar refractivity (Wildman–Crippen MR) is 220 cm³/mol. The smallest absolute Gasteiger partial charge is 0.0816 e. The summed E-state index contributed by atoms with van der Waals surface area (Å²) in [4.78, 5) is 17.7. The first-order valence-corrected chi connectivity index (χ1v) is 18.1. The Balaban J connectivity index is 0.00000400. The second-order valence-electron chi connectivity index (χ2n) is 12.5. The molecule has 0 fully saturated rings. The van der Waals surface area contributed by atoms with Crippen LogP contribution < -0.4 is 0 Å². The number of aromatic nitrogens is 4. The molecule has 0 radical (unpaired) electrons. The first-order chi connectivity index (χ1) is 25.4. The predicted octanol–water partition coefficient (Wildman–Crippen LogP) is 13.7. The minimum atomic E-state index is 0. The Kier molecular flexibility index (Phi) is 9.65. The third-order valence-electron chi connectivity index (χ3n) is 9.21. The van der Waals surface area contributed by atoms with Gasteiger partial charge in [-0.1, -0.05) is 119 Å². The average molecular weight is 808 g/mol. The number of aromatic amines is 2. The van der Waals surface area contributed by atoms with E-state index in [0.29, 0.717) is 25.8 Å². The molecule has 7 aromatic rings. The van der Waals surface area contributed by atoms with Crippen molar-refractivity contribution in [1.29, 1.82) is 0 Å². The second-order valence-corrected chi connectivity index (χ2v) is 14.1. The van der Waals surface area contributed by atoms with E-state index in [1.165, 1.54) is 0 Å². The van der Waals surface area contributed by atoms with Crippen molar-refractivity contribution in [2.24, 2.45) is 0 Å². The van der Waals surface area contributed by atoms with E-state index in [0.717, 1.165) is 83.7 Å². The summed E-state index contributed by atoms with van der Waals surface area (Å²) in [5, 5.41) is 2.33. The van der Waals surface area contributed by atoms with E-state index in [1.807, 2.05) is 140 Å². The third-order valence-corrected chi connectivity index (χ3v) is 10.5. The molecule has 8 bridgehead atoms. The van der Waals surface area contributed by atoms with Gasteiger partial charge in [0.25, 0.3) is 0 Å². The van der Waals surface area contributed by atoms with Gasteiger partial charge in [-0.15, -0.1) is 0 Å². The van der Waals surface area contributed by atoms with Gasteiger partial charge in [-0.25, -0.2) is 9.97 Å². The molecular formula is C44H26Cl4FeN4. The average Bonchev–Trinajstić information content (AvgIpc) is 3.95. The Morgan fingerprint density at radius 2 is 0.906 bits per heavy atom. The van der Waals surface area contributed by atoms with Crippen LogP contribution in [0.15, 0.2) is 127 Å². The maximum Gasteiger partial charge on any atom is 0.0816 e. The zero-order valence-corrected chi connectivity index (χ0v) is 31.7. The largest absolute Gasteiger partial charge is 0.355 e. The SMILES string of the molecule is Clc1ccccc1C1=Cc2cc3ccc(cc4nc(cc5[nH]c(c(-c6ccccc6Cl)c1n2)c(-c1ccccc1Cl)c5-c1ccccc1Cl)C=C4)[nH]3.[Fe]. The van der Waals surface area contributed by atoms with Crippen LogP contribution in [0, 0.1) is 0 Å². The molecule has 4 nitrogen and oxygen atoms in total. The van der Waals surface area contributed by atoms with Crippen molar-refractivity contribution in [3.8, 4) is 33.4 Å². The van der Waals surface area contributed by atoms with Gasteiger partial charge in [-0.2, -0.15) is 0 Å². The van der Waals surface area contributed by atoms with Gasteiger partial charge in [0.15, 0.2) is 0 Å². The fourth-order valence-corrected chi connectivity index (χ4v) is 7.87. The van der Waals surface area contributed by atoms with Gasteiger partial charge in [-0.3, -0.25) is 0 Å². The number of halogens is 4. The van der Waals surface area contributed by atoms with E-state index in [2.05, 4.69) is 16.0 Å². The number of nitrogens with zero attached hydrogens (tertiary/aromatic N) is 2. The number of benzene rings is 4. The van der Waals surface area contributed by atoms with Crippen LogP contribution in [0.4, 0.5) is 0 Å². The molecule has 9 heteroatoms. The van der Waals surface area contributed by atoms with Crippen LogP contribution in [0.25, 0.3) is 79.2 Å². The summed E-state index contributed by atoms with van der Waals surface area (Å²) in [5.74, 6) is 0. The van der Waals surface area contributed by atoms with Crippen LogP contribution in [-0.4, -0.2) is 19.9 Å². The van der Waals surface area contributed by atoms with Crippen molar-refractivity contribution in [3.63, 3.8) is 0 Å². The monoisotopic (exact) mass is 806 g/mol. The van der Waals surface area contributed by atoms with Gasteiger partial charge in [0.1, 0.15) is 0 Å². The summed E-state index contributed by atoms with van der Waals surface area (Å²) in [6.45, 7) is 0. The van der Waals surface area contributed by atoms with Crippen molar-refractivity contribution in [2.45, 2.75) is 0 Å². The Morgan fingerprint density at radius 1 is 0.434 bits per heavy atom. The van der Waals surface area contributed by atoms with Gasteiger partial charge in [0.2, 0.25) is 0 Å². The molecule has 5 heterocycles. The summed E-state index contributed by atoms with van der Waals surface area (Å²) in [6, 6.07) is 41.4. The Labute approximate surface area is 336 Å². The van der Waals surface area contributed by atoms with Crippen molar-refractivity contribution >= 4 is 92.3 Å². The van der Waals surface area contributed by atoms with Crippen molar-refractivity contribution in [2.75, 3.05) is 0 Å². The van der Waals surface area contributed by atoms with E-state index < -0.39 is 0 Å². The number of nitrogens with one attached hydrogen (secondary N) is 2. The van der Waals surface area contributed by atoms with Crippen LogP contribution in [-0.2, 0) is 17.1 Å². The van der Waals surface area contributed by atoms with Crippen LogP contribution >= 0.6 is 46.4 Å². The molecule has 2 N–H and O–H groups in total. The normalized spacial score (nSPS) is 12.0. The fourth-order valence-electron chi connectivity index (χ4n) is 6.94. The molecule has 9 rings (SSSR count). The van der Waals surface area contributed by atoms with Gasteiger partial charge < -0.3 is 9.97 Å². The summed E-state index contributed by atoms with van der Waals surface area (Å²) in [5.41, 5.74) is 13.0. The standard InChI is InChI=1S/C44H26Cl4N4.Fe/c45-35-13-5-1-9-30(35)34-23-29-22-27-18-17-25(49-27)21-26-19-20-28(50-26)24-39-40(31-10-2-6-14-36(31)46)41(32-11-3-7-15-37(32)47)44(52-39)42(43(34)51-29)33-12-4-8-16-38(33)48;/h1-24,49,52H;. The molecule has 0 aliphatic carbocycles. The molecule has 0 saturated carbocycles. The third kappa shape index (κ3) is 6.55. The minimum Gasteiger partial charge on any atom is -0.355 e. The van der Waals surface area contributed by atoms with Crippen molar-refractivity contribution in [1.82, 2.24) is 19.9 Å². The minimum absolute atomic E-state index is 0. The van der Waals surface area contributed by atoms with Gasteiger partial charge in [-0.05, 0) is 72.8 Å². The molecule has 0 saturated heterocycles. The van der Waals surface area contributed by atoms with E-state index >= 15 is 0 Å². The molecule has 4 aromatic carbocycles. The summed E-state index contributed by atoms with van der Waals surface area (Å²) in [7, 11) is 0. The van der Waals surface area contributed by atoms with Crippen LogP contribution in [0.2, 0.25) is 20.1 Å². The molecule has 3 aromatic heterocycles. The zero-order valence-electron chi connectivity index (χ0n) is 27.6. The summed E-state index contributed by atoms with van der Waals surface area (Å²) < 4.78 is 0. The summed E-state index contributed by atoms with van der Waals surface area (Å²) >= 11 is 28.3. The van der Waals surface area contributed by atoms with Crippen molar-refractivity contribution in [3.05, 3.63) is 176 Å². The molecule has 0 amide bonds. The van der Waals surface area contributed by atoms with Crippen LogP contribution in [0.1, 0.15) is 28.3 Å². The zero-order chi connectivity index (χ0) is 35.3. The first kappa shape index (κ1) is 35.2. The molecule has 2 aliphatic heterocycles. The van der Waals surface area contributed by atoms with E-state index in [1.54, 1.807) is 0 Å². The number of fused-ring (bicyclic) bond motifs is 8. The molecule has 258 valence electrons. The number of hydrogen-bond donors (Lipinski definition) is 2. The van der Waals surface area contributed by atoms with Crippen molar-refractivity contribution < 1.29 is 17.1 Å². The molecular weight excluding hydrogens is 782 g/mol. The number of hydrogen-bond acceptors (Lipinski definition) is 2. The molecule has 2 aliphatic rings. The molecule has 0 unspecified atom stereocenters. The van der Waals surface area contributed by atoms with Crippen LogP contribution in [0.3, 0.4) is 0 Å². The van der Waals surface area contributed by atoms with Gasteiger partial charge in [0.05, 0.1) is 28.3 Å². The van der Waals surface area contributed by atoms with Gasteiger partial charge >= 0.3 is 0 Å². The van der Waals surface area contributed by atoms with E-state index in [4.69, 9.17) is 56.4 Å². The van der Waals surface area contributed by atoms with Crippen LogP contribution in [0.5, 0.6) is 0 Å². The molecule has 0 spiro atoms. The molecule has 53 heavy (non-hydrogen) atoms. The Bertz CT molecular complexity index is 2820. The van der Waals surface area contributed by atoms with E-state index in [-0.39, 0.29) is 17.1 Å². The summed E-state index contributed by atoms with van der Waals surface area (Å²) in [6.07, 6.45) is 6.08. The maximum atomic E-state index is 7.16. The van der Waals surface area contributed by atoms with E-state index in [9.17, 15) is 0 Å². The first-order valence-electron chi connectivity index (χ1n) is 16.6. The maximum absolute atomic E-state index is 7.16. The number of H-pyrrole nitrogens is 2. The number of rotatable bonds is 4. The Morgan fingerprint density at radius 3 is 1.47 bits per heavy atom. The second kappa shape index (κ2) is 14.5. The topological polar surface area (TPSA) is 57.4 Å². The quantitative estimate of drug-likeness (QED) is 0.174.